The topological polar surface area (TPSA) is 110 Å². The molecular formula is C20H21ClN6O. The van der Waals surface area contributed by atoms with Gasteiger partial charge in [0.25, 0.3) is 0 Å². The lowest BCUT2D eigenvalue weighted by Crippen LogP contribution is -2.14. The van der Waals surface area contributed by atoms with Crippen LogP contribution in [0.1, 0.15) is 34.9 Å². The molecule has 1 amide bonds. The van der Waals surface area contributed by atoms with Crippen LogP contribution in [0.2, 0.25) is 5.02 Å². The number of benzene rings is 1. The van der Waals surface area contributed by atoms with Gasteiger partial charge in [0.2, 0.25) is 11.9 Å². The van der Waals surface area contributed by atoms with Crippen LogP contribution >= 0.6 is 11.6 Å². The minimum Gasteiger partial charge on any atom is -0.369 e. The van der Waals surface area contributed by atoms with Gasteiger partial charge in [0.15, 0.2) is 5.82 Å². The molecule has 2 atom stereocenters. The lowest BCUT2D eigenvalue weighted by molar-refractivity contribution is -0.119. The van der Waals surface area contributed by atoms with Crippen molar-refractivity contribution in [1.82, 2.24) is 20.2 Å². The van der Waals surface area contributed by atoms with Crippen molar-refractivity contribution in [3.63, 3.8) is 0 Å². The zero-order valence-corrected chi connectivity index (χ0v) is 16.2. The van der Waals surface area contributed by atoms with E-state index in [1.807, 2.05) is 25.1 Å². The Morgan fingerprint density at radius 3 is 2.89 bits per heavy atom. The average Bonchev–Trinajstić information content (AvgIpc) is 3.38. The molecule has 1 saturated carbocycles. The van der Waals surface area contributed by atoms with E-state index < -0.39 is 0 Å². The summed E-state index contributed by atoms with van der Waals surface area (Å²) in [5.41, 5.74) is 9.56. The quantitative estimate of drug-likeness (QED) is 0.567. The SMILES string of the molecule is Cc1cc(Nc2ncc(Cl)c(CCc3ccccc3C3CC3C(N)=O)n2)n[nH]1. The number of nitrogens with one attached hydrogen (secondary N) is 2. The molecule has 144 valence electrons. The van der Waals surface area contributed by atoms with Crippen molar-refractivity contribution >= 4 is 29.3 Å². The summed E-state index contributed by atoms with van der Waals surface area (Å²) in [5.74, 6) is 1.08. The van der Waals surface area contributed by atoms with Gasteiger partial charge in [-0.2, -0.15) is 5.10 Å². The molecule has 4 rings (SSSR count). The zero-order chi connectivity index (χ0) is 19.7. The minimum absolute atomic E-state index is 0.0445. The summed E-state index contributed by atoms with van der Waals surface area (Å²) < 4.78 is 0. The van der Waals surface area contributed by atoms with Crippen LogP contribution in [0.4, 0.5) is 11.8 Å². The van der Waals surface area contributed by atoms with Crippen LogP contribution in [0.15, 0.2) is 36.5 Å². The number of carbonyl (C=O) groups excluding carboxylic acids is 1. The van der Waals surface area contributed by atoms with Gasteiger partial charge in [-0.05, 0) is 43.2 Å². The van der Waals surface area contributed by atoms with Gasteiger partial charge in [0.05, 0.1) is 16.9 Å². The van der Waals surface area contributed by atoms with Crippen LogP contribution in [0, 0.1) is 12.8 Å². The van der Waals surface area contributed by atoms with Crippen LogP contribution in [-0.4, -0.2) is 26.1 Å². The Bertz CT molecular complexity index is 1020. The molecule has 0 bridgehead atoms. The smallest absolute Gasteiger partial charge is 0.228 e. The number of carbonyl (C=O) groups is 1. The summed E-state index contributed by atoms with van der Waals surface area (Å²) in [6.45, 7) is 1.92. The van der Waals surface area contributed by atoms with Gasteiger partial charge in [-0.15, -0.1) is 0 Å². The molecule has 1 aliphatic carbocycles. The molecule has 2 unspecified atom stereocenters. The average molecular weight is 397 g/mol. The van der Waals surface area contributed by atoms with Crippen molar-refractivity contribution in [2.75, 3.05) is 5.32 Å². The molecule has 0 aliphatic heterocycles. The maximum Gasteiger partial charge on any atom is 0.228 e. The van der Waals surface area contributed by atoms with Crippen LogP contribution in [0.25, 0.3) is 0 Å². The molecule has 2 aromatic heterocycles. The van der Waals surface area contributed by atoms with Gasteiger partial charge in [-0.25, -0.2) is 9.97 Å². The van der Waals surface area contributed by atoms with Crippen molar-refractivity contribution in [2.24, 2.45) is 11.7 Å². The Balaban J connectivity index is 1.48. The Morgan fingerprint density at radius 2 is 2.18 bits per heavy atom. The second kappa shape index (κ2) is 7.59. The second-order valence-electron chi connectivity index (χ2n) is 7.10. The minimum atomic E-state index is -0.219. The maximum atomic E-state index is 11.4. The number of aromatic nitrogens is 4. The fourth-order valence-corrected chi connectivity index (χ4v) is 3.65. The van der Waals surface area contributed by atoms with E-state index in [2.05, 4.69) is 37.6 Å². The predicted molar refractivity (Wildman–Crippen MR) is 108 cm³/mol. The molecule has 0 saturated heterocycles. The van der Waals surface area contributed by atoms with Crippen molar-refractivity contribution in [3.8, 4) is 0 Å². The molecule has 0 radical (unpaired) electrons. The van der Waals surface area contributed by atoms with E-state index in [4.69, 9.17) is 17.3 Å². The number of nitrogens with zero attached hydrogens (tertiary/aromatic N) is 3. The molecule has 4 N–H and O–H groups in total. The number of rotatable bonds is 7. The number of nitrogens with two attached hydrogens (primary N) is 1. The summed E-state index contributed by atoms with van der Waals surface area (Å²) in [4.78, 5) is 20.2. The summed E-state index contributed by atoms with van der Waals surface area (Å²) >= 11 is 6.31. The van der Waals surface area contributed by atoms with Crippen molar-refractivity contribution in [3.05, 3.63) is 64.1 Å². The fourth-order valence-electron chi connectivity index (χ4n) is 3.46. The van der Waals surface area contributed by atoms with Crippen LogP contribution in [0.5, 0.6) is 0 Å². The summed E-state index contributed by atoms with van der Waals surface area (Å²) in [6, 6.07) is 10.1. The third-order valence-corrected chi connectivity index (χ3v) is 5.32. The molecule has 7 nitrogen and oxygen atoms in total. The third-order valence-electron chi connectivity index (χ3n) is 5.00. The number of hydrogen-bond acceptors (Lipinski definition) is 5. The molecule has 2 heterocycles. The molecule has 1 fully saturated rings. The van der Waals surface area contributed by atoms with Gasteiger partial charge in [0.1, 0.15) is 0 Å². The number of primary amides is 1. The van der Waals surface area contributed by atoms with E-state index in [0.29, 0.717) is 23.2 Å². The standard InChI is InChI=1S/C20H21ClN6O/c1-11-8-18(27-26-11)25-20-23-10-16(21)17(24-20)7-6-12-4-2-3-5-13(12)14-9-15(14)19(22)28/h2-5,8,10,14-15H,6-7,9H2,1H3,(H2,22,28)(H2,23,24,25,26,27). The summed E-state index contributed by atoms with van der Waals surface area (Å²) in [7, 11) is 0. The van der Waals surface area contributed by atoms with Crippen LogP contribution < -0.4 is 11.1 Å². The Labute approximate surface area is 167 Å². The zero-order valence-electron chi connectivity index (χ0n) is 15.4. The number of anilines is 2. The highest BCUT2D eigenvalue weighted by Gasteiger charge is 2.43. The molecule has 28 heavy (non-hydrogen) atoms. The number of halogens is 1. The fraction of sp³-hybridized carbons (Fsp3) is 0.300. The molecular weight excluding hydrogens is 376 g/mol. The lowest BCUT2D eigenvalue weighted by Gasteiger charge is -2.10. The van der Waals surface area contributed by atoms with Crippen molar-refractivity contribution in [1.29, 1.82) is 0 Å². The van der Waals surface area contributed by atoms with E-state index in [0.717, 1.165) is 24.2 Å². The van der Waals surface area contributed by atoms with E-state index in [9.17, 15) is 4.79 Å². The Kier molecular flexibility index (Phi) is 5.00. The van der Waals surface area contributed by atoms with Gasteiger partial charge in [-0.3, -0.25) is 9.89 Å². The predicted octanol–water partition coefficient (Wildman–Crippen LogP) is 3.28. The molecule has 0 spiro atoms. The summed E-state index contributed by atoms with van der Waals surface area (Å²) in [5, 5.41) is 10.6. The van der Waals surface area contributed by atoms with Gasteiger partial charge >= 0.3 is 0 Å². The first-order chi connectivity index (χ1) is 13.5. The lowest BCUT2D eigenvalue weighted by atomic mass is 9.97. The second-order valence-corrected chi connectivity index (χ2v) is 7.51. The van der Waals surface area contributed by atoms with Gasteiger partial charge < -0.3 is 11.1 Å². The largest absolute Gasteiger partial charge is 0.369 e. The normalized spacial score (nSPS) is 18.1. The molecule has 8 heteroatoms. The van der Waals surface area contributed by atoms with Crippen molar-refractivity contribution < 1.29 is 4.79 Å². The molecule has 3 aromatic rings. The van der Waals surface area contributed by atoms with E-state index in [1.54, 1.807) is 6.20 Å². The van der Waals surface area contributed by atoms with Crippen LogP contribution in [-0.2, 0) is 17.6 Å². The number of hydrogen-bond donors (Lipinski definition) is 3. The third kappa shape index (κ3) is 3.99. The number of aromatic amines is 1. The Morgan fingerprint density at radius 1 is 1.36 bits per heavy atom. The van der Waals surface area contributed by atoms with E-state index in [-0.39, 0.29) is 17.7 Å². The highest BCUT2D eigenvalue weighted by molar-refractivity contribution is 6.31. The highest BCUT2D eigenvalue weighted by atomic mass is 35.5. The number of H-pyrrole nitrogens is 1. The first kappa shape index (κ1) is 18.4. The maximum absolute atomic E-state index is 11.4. The van der Waals surface area contributed by atoms with Crippen molar-refractivity contribution in [2.45, 2.75) is 32.1 Å². The van der Waals surface area contributed by atoms with E-state index in [1.165, 1.54) is 11.1 Å². The van der Waals surface area contributed by atoms with E-state index >= 15 is 0 Å². The molecule has 1 aliphatic rings. The Hall–Kier alpha value is -2.93. The molecule has 1 aromatic carbocycles. The van der Waals surface area contributed by atoms with Crippen LogP contribution in [0.3, 0.4) is 0 Å². The monoisotopic (exact) mass is 396 g/mol. The van der Waals surface area contributed by atoms with Gasteiger partial charge in [-0.1, -0.05) is 35.9 Å². The van der Waals surface area contributed by atoms with Gasteiger partial charge in [0, 0.05) is 17.7 Å². The first-order valence-electron chi connectivity index (χ1n) is 9.19. The number of aryl methyl sites for hydroxylation is 3. The number of amides is 1. The summed E-state index contributed by atoms with van der Waals surface area (Å²) in [6.07, 6.45) is 3.87. The highest BCUT2D eigenvalue weighted by Crippen LogP contribution is 2.48. The first-order valence-corrected chi connectivity index (χ1v) is 9.56.